The lowest BCUT2D eigenvalue weighted by atomic mass is 9.75. The molecule has 0 spiro atoms. The summed E-state index contributed by atoms with van der Waals surface area (Å²) in [4.78, 5) is 55.0. The SMILES string of the molecule is CN(C)C(=O)c1nn2c(c1Cl)CN(c1cc(N3CC(C)(c4csc(N(C(=O)OC(C)(C)C)C(=O)OC(C)(C)C)c4C#N)C3)nc([S+](C)[O-])n1)CCC2. The van der Waals surface area contributed by atoms with Gasteiger partial charge in [0, 0.05) is 62.9 Å². The molecule has 5 heterocycles. The number of hydrogen-bond donors (Lipinski definition) is 0. The number of hydrogen-bond acceptors (Lipinski definition) is 13. The van der Waals surface area contributed by atoms with E-state index in [9.17, 15) is 24.2 Å². The van der Waals surface area contributed by atoms with Crippen molar-refractivity contribution in [2.75, 3.05) is 54.7 Å². The maximum absolute atomic E-state index is 13.4. The molecule has 15 nitrogen and oxygen atoms in total. The Hall–Kier alpha value is -4.11. The third-order valence-corrected chi connectivity index (χ3v) is 10.4. The molecule has 18 heteroatoms. The van der Waals surface area contributed by atoms with Gasteiger partial charge in [0.25, 0.3) is 5.91 Å². The van der Waals surface area contributed by atoms with Gasteiger partial charge in [0.05, 0.1) is 22.8 Å². The second kappa shape index (κ2) is 14.4. The van der Waals surface area contributed by atoms with E-state index in [1.807, 2.05) is 22.8 Å². The van der Waals surface area contributed by atoms with Crippen LogP contribution in [-0.2, 0) is 39.2 Å². The van der Waals surface area contributed by atoms with Gasteiger partial charge >= 0.3 is 17.3 Å². The van der Waals surface area contributed by atoms with Gasteiger partial charge in [-0.1, -0.05) is 18.5 Å². The summed E-state index contributed by atoms with van der Waals surface area (Å²) >= 11 is 6.29. The van der Waals surface area contributed by atoms with Crippen LogP contribution in [0.1, 0.15) is 82.2 Å². The number of carbonyl (C=O) groups excluding carboxylic acids is 3. The maximum Gasteiger partial charge on any atom is 0.425 e. The summed E-state index contributed by atoms with van der Waals surface area (Å²) in [6.45, 7) is 14.5. The van der Waals surface area contributed by atoms with E-state index in [0.29, 0.717) is 62.0 Å². The predicted octanol–water partition coefficient (Wildman–Crippen LogP) is 5.56. The summed E-state index contributed by atoms with van der Waals surface area (Å²) in [6.07, 6.45) is 0.329. The summed E-state index contributed by atoms with van der Waals surface area (Å²) in [5.41, 5.74) is -0.668. The summed E-state index contributed by atoms with van der Waals surface area (Å²) < 4.78 is 25.6. The molecular formula is C34H44ClN9O6S2. The first-order valence-electron chi connectivity index (χ1n) is 16.6. The number of thiophene rings is 1. The highest BCUT2D eigenvalue weighted by Gasteiger charge is 2.46. The Bertz CT molecular complexity index is 1890. The number of carbonyl (C=O) groups is 3. The molecule has 3 aromatic rings. The van der Waals surface area contributed by atoms with Gasteiger partial charge in [-0.3, -0.25) is 9.48 Å². The minimum Gasteiger partial charge on any atom is -0.609 e. The molecular weight excluding hydrogens is 730 g/mol. The van der Waals surface area contributed by atoms with Crippen LogP contribution in [0.4, 0.5) is 26.2 Å². The molecule has 2 aliphatic rings. The van der Waals surface area contributed by atoms with Crippen LogP contribution in [0.3, 0.4) is 0 Å². The maximum atomic E-state index is 13.4. The fourth-order valence-corrected chi connectivity index (χ4v) is 7.81. The van der Waals surface area contributed by atoms with E-state index in [4.69, 9.17) is 21.1 Å². The van der Waals surface area contributed by atoms with Crippen molar-refractivity contribution in [2.24, 2.45) is 0 Å². The van der Waals surface area contributed by atoms with Gasteiger partial charge < -0.3 is 28.7 Å². The lowest BCUT2D eigenvalue weighted by Crippen LogP contribution is -2.58. The molecule has 3 aromatic heterocycles. The molecule has 0 aliphatic carbocycles. The second-order valence-electron chi connectivity index (χ2n) is 15.3. The number of aryl methyl sites for hydroxylation is 1. The average Bonchev–Trinajstić information content (AvgIpc) is 3.48. The van der Waals surface area contributed by atoms with Crippen molar-refractivity contribution in [2.45, 2.75) is 89.8 Å². The largest absolute Gasteiger partial charge is 0.609 e. The Kier molecular flexibility index (Phi) is 10.8. The molecule has 0 N–H and O–H groups in total. The number of ether oxygens (including phenoxy) is 2. The normalized spacial score (nSPS) is 16.2. The lowest BCUT2D eigenvalue weighted by molar-refractivity contribution is 0.0431. The highest BCUT2D eigenvalue weighted by Crippen LogP contribution is 2.45. The molecule has 52 heavy (non-hydrogen) atoms. The highest BCUT2D eigenvalue weighted by atomic mass is 35.5. The number of halogens is 1. The van der Waals surface area contributed by atoms with E-state index < -0.39 is 40.0 Å². The molecule has 1 atom stereocenters. The molecule has 2 aliphatic heterocycles. The molecule has 0 bridgehead atoms. The van der Waals surface area contributed by atoms with Crippen LogP contribution in [-0.4, -0.2) is 98.5 Å². The van der Waals surface area contributed by atoms with Gasteiger partial charge in [-0.05, 0) is 58.9 Å². The first-order valence-corrected chi connectivity index (χ1v) is 19.4. The average molecular weight is 774 g/mol. The third kappa shape index (κ3) is 8.09. The van der Waals surface area contributed by atoms with E-state index in [1.165, 1.54) is 11.2 Å². The lowest BCUT2D eigenvalue weighted by Gasteiger charge is -2.49. The third-order valence-electron chi connectivity index (χ3n) is 8.29. The minimum atomic E-state index is -1.50. The zero-order chi connectivity index (χ0) is 38.5. The number of nitrogens with zero attached hydrogens (tertiary/aromatic N) is 9. The molecule has 5 rings (SSSR count). The summed E-state index contributed by atoms with van der Waals surface area (Å²) in [5.74, 6) is 0.819. The molecule has 3 amide bonds. The molecule has 0 radical (unpaired) electrons. The van der Waals surface area contributed by atoms with Crippen LogP contribution in [0.5, 0.6) is 0 Å². The Balaban J connectivity index is 1.44. The zero-order valence-electron chi connectivity index (χ0n) is 31.1. The fourth-order valence-electron chi connectivity index (χ4n) is 5.93. The monoisotopic (exact) mass is 773 g/mol. The van der Waals surface area contributed by atoms with Gasteiger partial charge in [-0.2, -0.15) is 25.2 Å². The van der Waals surface area contributed by atoms with E-state index in [0.717, 1.165) is 16.2 Å². The van der Waals surface area contributed by atoms with Crippen molar-refractivity contribution in [3.05, 3.63) is 39.0 Å². The Morgan fingerprint density at radius 3 is 2.13 bits per heavy atom. The van der Waals surface area contributed by atoms with Gasteiger partial charge in [0.15, 0.2) is 5.69 Å². The van der Waals surface area contributed by atoms with Gasteiger partial charge in [-0.25, -0.2) is 9.59 Å². The number of rotatable bonds is 6. The Morgan fingerprint density at radius 1 is 1.04 bits per heavy atom. The van der Waals surface area contributed by atoms with Crippen molar-refractivity contribution >= 4 is 68.8 Å². The topological polar surface area (TPSA) is 173 Å². The number of amides is 3. The molecule has 0 aromatic carbocycles. The van der Waals surface area contributed by atoms with Gasteiger partial charge in [0.1, 0.15) is 40.2 Å². The van der Waals surface area contributed by atoms with E-state index in [1.54, 1.807) is 65.7 Å². The number of anilines is 3. The van der Waals surface area contributed by atoms with Crippen LogP contribution in [0.25, 0.3) is 0 Å². The molecule has 0 saturated carbocycles. The van der Waals surface area contributed by atoms with Gasteiger partial charge in [0.2, 0.25) is 0 Å². The zero-order valence-corrected chi connectivity index (χ0v) is 33.5. The van der Waals surface area contributed by atoms with E-state index >= 15 is 0 Å². The first-order chi connectivity index (χ1) is 24.1. The number of imide groups is 1. The highest BCUT2D eigenvalue weighted by molar-refractivity contribution is 7.90. The number of aromatic nitrogens is 4. The first kappa shape index (κ1) is 39.1. The van der Waals surface area contributed by atoms with Crippen molar-refractivity contribution in [3.63, 3.8) is 0 Å². The smallest absolute Gasteiger partial charge is 0.425 e. The Morgan fingerprint density at radius 2 is 1.62 bits per heavy atom. The van der Waals surface area contributed by atoms with Crippen LogP contribution in [0, 0.1) is 11.3 Å². The minimum absolute atomic E-state index is 0.114. The van der Waals surface area contributed by atoms with E-state index in [2.05, 4.69) is 21.1 Å². The summed E-state index contributed by atoms with van der Waals surface area (Å²) in [7, 11) is 3.29. The molecule has 1 fully saturated rings. The quantitative estimate of drug-likeness (QED) is 0.226. The van der Waals surface area contributed by atoms with E-state index in [-0.39, 0.29) is 32.3 Å². The van der Waals surface area contributed by atoms with Crippen molar-refractivity contribution < 1.29 is 28.4 Å². The van der Waals surface area contributed by atoms with Gasteiger partial charge in [-0.15, -0.1) is 11.3 Å². The number of nitriles is 1. The Labute approximate surface area is 315 Å². The van der Waals surface area contributed by atoms with Crippen LogP contribution >= 0.6 is 22.9 Å². The van der Waals surface area contributed by atoms with Crippen molar-refractivity contribution in [1.82, 2.24) is 24.6 Å². The van der Waals surface area contributed by atoms with Crippen molar-refractivity contribution in [3.8, 4) is 6.07 Å². The van der Waals surface area contributed by atoms with Crippen LogP contribution < -0.4 is 14.7 Å². The second-order valence-corrected chi connectivity index (χ2v) is 17.8. The summed E-state index contributed by atoms with van der Waals surface area (Å²) in [5, 5.41) is 17.2. The number of fused-ring (bicyclic) bond motifs is 1. The molecule has 1 saturated heterocycles. The predicted molar refractivity (Wildman–Crippen MR) is 199 cm³/mol. The van der Waals surface area contributed by atoms with Crippen molar-refractivity contribution in [1.29, 1.82) is 5.26 Å². The fraction of sp³-hybridized carbons (Fsp3) is 0.559. The molecule has 280 valence electrons. The van der Waals surface area contributed by atoms with Crippen LogP contribution in [0.15, 0.2) is 16.6 Å². The standard InChI is InChI=1S/C34H44ClN9O6S2/c1-32(2,3)49-30(46)44(31(47)50-33(4,5)6)28-20(15-36)21(17-51-28)34(7)18-42(19-34)24-14-23(37-29(38-24)52(10)48)41-12-11-13-43-22(16-41)25(35)26(39-43)27(45)40(8)9/h14,17H,11-13,16,18-19H2,1-10H3. The molecule has 1 unspecified atom stereocenters. The summed E-state index contributed by atoms with van der Waals surface area (Å²) in [6, 6.07) is 4.05. The van der Waals surface area contributed by atoms with Crippen LogP contribution in [0.2, 0.25) is 5.02 Å².